The van der Waals surface area contributed by atoms with E-state index in [9.17, 15) is 9.59 Å². The minimum absolute atomic E-state index is 0. The highest BCUT2D eigenvalue weighted by atomic mass is 35.5. The van der Waals surface area contributed by atoms with E-state index in [0.717, 1.165) is 16.9 Å². The van der Waals surface area contributed by atoms with Crippen LogP contribution in [-0.2, 0) is 9.59 Å². The normalized spacial score (nSPS) is 10.1. The number of rotatable bonds is 9. The summed E-state index contributed by atoms with van der Waals surface area (Å²) in [5.41, 5.74) is 2.14. The van der Waals surface area contributed by atoms with Gasteiger partial charge in [0.15, 0.2) is 0 Å². The maximum absolute atomic E-state index is 11.7. The lowest BCUT2D eigenvalue weighted by molar-refractivity contribution is -0.137. The van der Waals surface area contributed by atoms with Gasteiger partial charge in [0.2, 0.25) is 5.91 Å². The number of ether oxygens (including phenoxy) is 1. The number of amides is 1. The Morgan fingerprint density at radius 1 is 1.26 bits per heavy atom. The summed E-state index contributed by atoms with van der Waals surface area (Å²) in [4.78, 5) is 23.8. The fourth-order valence-corrected chi connectivity index (χ4v) is 2.04. The van der Waals surface area contributed by atoms with E-state index in [4.69, 9.17) is 9.84 Å². The summed E-state index contributed by atoms with van der Waals surface area (Å²) in [5, 5.41) is 11.3. The van der Waals surface area contributed by atoms with Crippen molar-refractivity contribution in [1.29, 1.82) is 0 Å². The molecule has 130 valence electrons. The van der Waals surface area contributed by atoms with Crippen molar-refractivity contribution in [1.82, 2.24) is 10.2 Å². The molecule has 0 fully saturated rings. The van der Waals surface area contributed by atoms with Gasteiger partial charge in [-0.15, -0.1) is 12.4 Å². The number of nitrogens with zero attached hydrogens (tertiary/aromatic N) is 1. The number of hydrogen-bond donors (Lipinski definition) is 2. The monoisotopic (exact) mass is 344 g/mol. The van der Waals surface area contributed by atoms with Crippen LogP contribution >= 0.6 is 12.4 Å². The van der Waals surface area contributed by atoms with Crippen LogP contribution in [0.25, 0.3) is 0 Å². The highest BCUT2D eigenvalue weighted by Gasteiger charge is 2.08. The SMILES string of the molecule is Cc1cccc(C)c1OCCNC(=O)CN(C)CCC(=O)O.Cl. The van der Waals surface area contributed by atoms with Gasteiger partial charge in [-0.25, -0.2) is 0 Å². The lowest BCUT2D eigenvalue weighted by atomic mass is 10.1. The number of aryl methyl sites for hydroxylation is 2. The molecule has 23 heavy (non-hydrogen) atoms. The summed E-state index contributed by atoms with van der Waals surface area (Å²) in [5.74, 6) is -0.150. The first-order valence-electron chi connectivity index (χ1n) is 7.26. The smallest absolute Gasteiger partial charge is 0.304 e. The summed E-state index contributed by atoms with van der Waals surface area (Å²) in [6.45, 7) is 5.31. The number of aliphatic carboxylic acids is 1. The van der Waals surface area contributed by atoms with E-state index in [0.29, 0.717) is 19.7 Å². The van der Waals surface area contributed by atoms with Gasteiger partial charge in [0, 0.05) is 6.54 Å². The molecule has 0 aromatic heterocycles. The van der Waals surface area contributed by atoms with Crippen molar-refractivity contribution in [2.75, 3.05) is 33.3 Å². The van der Waals surface area contributed by atoms with E-state index >= 15 is 0 Å². The quantitative estimate of drug-likeness (QED) is 0.666. The summed E-state index contributed by atoms with van der Waals surface area (Å²) in [6.07, 6.45) is 0.0272. The van der Waals surface area contributed by atoms with Crippen molar-refractivity contribution in [2.24, 2.45) is 0 Å². The lowest BCUT2D eigenvalue weighted by Crippen LogP contribution is -2.37. The molecule has 0 heterocycles. The molecule has 0 saturated heterocycles. The molecule has 1 rings (SSSR count). The number of carboxylic acid groups (broad SMARTS) is 1. The molecule has 0 aliphatic rings. The molecule has 0 bridgehead atoms. The van der Waals surface area contributed by atoms with E-state index < -0.39 is 5.97 Å². The Hall–Kier alpha value is -1.79. The Kier molecular flexibility index (Phi) is 10.0. The zero-order valence-corrected chi connectivity index (χ0v) is 14.6. The van der Waals surface area contributed by atoms with Crippen LogP contribution < -0.4 is 10.1 Å². The van der Waals surface area contributed by atoms with E-state index in [1.807, 2.05) is 32.0 Å². The second kappa shape index (κ2) is 10.9. The standard InChI is InChI=1S/C16H24N2O4.ClH/c1-12-5-4-6-13(2)16(12)22-10-8-17-14(19)11-18(3)9-7-15(20)21;/h4-6H,7-11H2,1-3H3,(H,17,19)(H,20,21);1H. The Bertz CT molecular complexity index is 503. The summed E-state index contributed by atoms with van der Waals surface area (Å²) < 4.78 is 5.70. The lowest BCUT2D eigenvalue weighted by Gasteiger charge is -2.15. The molecule has 0 unspecified atom stereocenters. The Balaban J connectivity index is 0.00000484. The first-order valence-corrected chi connectivity index (χ1v) is 7.26. The molecule has 1 amide bonds. The van der Waals surface area contributed by atoms with Crippen LogP contribution in [0.15, 0.2) is 18.2 Å². The Labute approximate surface area is 143 Å². The van der Waals surface area contributed by atoms with Crippen LogP contribution in [0.1, 0.15) is 17.5 Å². The van der Waals surface area contributed by atoms with Crippen LogP contribution in [0.5, 0.6) is 5.75 Å². The maximum Gasteiger partial charge on any atom is 0.304 e. The molecule has 0 aliphatic carbocycles. The van der Waals surface area contributed by atoms with Crippen LogP contribution in [-0.4, -0.2) is 55.2 Å². The van der Waals surface area contributed by atoms with Crippen molar-refractivity contribution in [3.8, 4) is 5.75 Å². The molecule has 0 spiro atoms. The Morgan fingerprint density at radius 3 is 2.43 bits per heavy atom. The van der Waals surface area contributed by atoms with Gasteiger partial charge in [-0.1, -0.05) is 18.2 Å². The van der Waals surface area contributed by atoms with Gasteiger partial charge >= 0.3 is 5.97 Å². The molecule has 6 nitrogen and oxygen atoms in total. The first kappa shape index (κ1) is 21.2. The van der Waals surface area contributed by atoms with Crippen molar-refractivity contribution >= 4 is 24.3 Å². The third kappa shape index (κ3) is 8.42. The fourth-order valence-electron chi connectivity index (χ4n) is 2.04. The number of benzene rings is 1. The number of carboxylic acids is 1. The summed E-state index contributed by atoms with van der Waals surface area (Å²) >= 11 is 0. The van der Waals surface area contributed by atoms with Crippen molar-refractivity contribution in [3.05, 3.63) is 29.3 Å². The van der Waals surface area contributed by atoms with Crippen LogP contribution in [0, 0.1) is 13.8 Å². The van der Waals surface area contributed by atoms with E-state index in [-0.39, 0.29) is 31.3 Å². The van der Waals surface area contributed by atoms with Crippen LogP contribution in [0.2, 0.25) is 0 Å². The minimum Gasteiger partial charge on any atom is -0.491 e. The first-order chi connectivity index (χ1) is 10.4. The van der Waals surface area contributed by atoms with Gasteiger partial charge in [0.05, 0.1) is 19.5 Å². The fraction of sp³-hybridized carbons (Fsp3) is 0.500. The summed E-state index contributed by atoms with van der Waals surface area (Å²) in [6, 6.07) is 5.95. The van der Waals surface area contributed by atoms with E-state index in [1.54, 1.807) is 11.9 Å². The molecular formula is C16H25ClN2O4. The van der Waals surface area contributed by atoms with Gasteiger partial charge in [-0.05, 0) is 32.0 Å². The maximum atomic E-state index is 11.7. The third-order valence-electron chi connectivity index (χ3n) is 3.20. The minimum atomic E-state index is -0.866. The van der Waals surface area contributed by atoms with Gasteiger partial charge in [0.1, 0.15) is 12.4 Å². The predicted octanol–water partition coefficient (Wildman–Crippen LogP) is 1.63. The van der Waals surface area contributed by atoms with Crippen molar-refractivity contribution in [2.45, 2.75) is 20.3 Å². The zero-order chi connectivity index (χ0) is 16.5. The highest BCUT2D eigenvalue weighted by molar-refractivity contribution is 5.85. The Morgan fingerprint density at radius 2 is 1.87 bits per heavy atom. The largest absolute Gasteiger partial charge is 0.491 e. The molecule has 0 aliphatic heterocycles. The number of likely N-dealkylation sites (N-methyl/N-ethyl adjacent to an activating group) is 1. The topological polar surface area (TPSA) is 78.9 Å². The molecule has 0 atom stereocenters. The second-order valence-corrected chi connectivity index (χ2v) is 5.30. The van der Waals surface area contributed by atoms with Gasteiger partial charge in [-0.2, -0.15) is 0 Å². The third-order valence-corrected chi connectivity index (χ3v) is 3.20. The number of nitrogens with one attached hydrogen (secondary N) is 1. The van der Waals surface area contributed by atoms with E-state index in [2.05, 4.69) is 5.32 Å². The molecule has 2 N–H and O–H groups in total. The molecule has 0 saturated carbocycles. The van der Waals surface area contributed by atoms with Crippen molar-refractivity contribution < 1.29 is 19.4 Å². The predicted molar refractivity (Wildman–Crippen MR) is 91.4 cm³/mol. The van der Waals surface area contributed by atoms with Gasteiger partial charge in [0.25, 0.3) is 0 Å². The molecule has 1 aromatic rings. The average Bonchev–Trinajstić information content (AvgIpc) is 2.43. The van der Waals surface area contributed by atoms with E-state index in [1.165, 1.54) is 0 Å². The number of carbonyl (C=O) groups excluding carboxylic acids is 1. The number of carbonyl (C=O) groups is 2. The highest BCUT2D eigenvalue weighted by Crippen LogP contribution is 2.21. The average molecular weight is 345 g/mol. The van der Waals surface area contributed by atoms with Gasteiger partial charge in [-0.3, -0.25) is 14.5 Å². The zero-order valence-electron chi connectivity index (χ0n) is 13.8. The molecule has 0 radical (unpaired) electrons. The van der Waals surface area contributed by atoms with Gasteiger partial charge < -0.3 is 15.2 Å². The molecular weight excluding hydrogens is 320 g/mol. The molecule has 1 aromatic carbocycles. The number of halogens is 1. The summed E-state index contributed by atoms with van der Waals surface area (Å²) in [7, 11) is 1.72. The second-order valence-electron chi connectivity index (χ2n) is 5.30. The molecule has 7 heteroatoms. The van der Waals surface area contributed by atoms with Crippen LogP contribution in [0.4, 0.5) is 0 Å². The number of hydrogen-bond acceptors (Lipinski definition) is 4. The van der Waals surface area contributed by atoms with Crippen molar-refractivity contribution in [3.63, 3.8) is 0 Å². The van der Waals surface area contributed by atoms with Crippen LogP contribution in [0.3, 0.4) is 0 Å². The number of para-hydroxylation sites is 1.